The summed E-state index contributed by atoms with van der Waals surface area (Å²) < 4.78 is 25.6. The Labute approximate surface area is 139 Å². The molecule has 5 nitrogen and oxygen atoms in total. The van der Waals surface area contributed by atoms with Crippen molar-refractivity contribution in [3.8, 4) is 0 Å². The van der Waals surface area contributed by atoms with E-state index in [-0.39, 0.29) is 22.6 Å². The molecule has 22 heavy (non-hydrogen) atoms. The first-order chi connectivity index (χ1) is 10.3. The van der Waals surface area contributed by atoms with Crippen molar-refractivity contribution >= 4 is 31.7 Å². The molecule has 1 aliphatic heterocycles. The Morgan fingerprint density at radius 1 is 1.41 bits per heavy atom. The fourth-order valence-electron chi connectivity index (χ4n) is 2.66. The number of amides is 1. The minimum Gasteiger partial charge on any atom is -0.341 e. The van der Waals surface area contributed by atoms with Crippen LogP contribution in [0.5, 0.6) is 0 Å². The molecule has 0 bridgehead atoms. The molecule has 7 heteroatoms. The van der Waals surface area contributed by atoms with E-state index < -0.39 is 15.8 Å². The van der Waals surface area contributed by atoms with Gasteiger partial charge in [-0.2, -0.15) is 0 Å². The molecule has 0 spiro atoms. The van der Waals surface area contributed by atoms with Crippen LogP contribution in [-0.2, 0) is 14.6 Å². The Balaban J connectivity index is 2.05. The third-order valence-electron chi connectivity index (χ3n) is 3.83. The molecule has 1 fully saturated rings. The lowest BCUT2D eigenvalue weighted by Gasteiger charge is -2.32. The van der Waals surface area contributed by atoms with Crippen LogP contribution in [0.15, 0.2) is 33.6 Å². The monoisotopic (exact) mass is 388 g/mol. The number of benzene rings is 1. The second-order valence-corrected chi connectivity index (χ2v) is 8.77. The van der Waals surface area contributed by atoms with Crippen molar-refractivity contribution in [2.24, 2.45) is 11.7 Å². The second-order valence-electron chi connectivity index (χ2n) is 5.82. The van der Waals surface area contributed by atoms with Crippen molar-refractivity contribution in [2.45, 2.75) is 30.7 Å². The average molecular weight is 389 g/mol. The highest BCUT2D eigenvalue weighted by Crippen LogP contribution is 2.19. The van der Waals surface area contributed by atoms with E-state index >= 15 is 0 Å². The molecule has 2 atom stereocenters. The maximum absolute atomic E-state index is 12.4. The van der Waals surface area contributed by atoms with E-state index in [0.29, 0.717) is 13.1 Å². The quantitative estimate of drug-likeness (QED) is 0.852. The van der Waals surface area contributed by atoms with Gasteiger partial charge in [0.2, 0.25) is 5.91 Å². The molecular weight excluding hydrogens is 368 g/mol. The van der Waals surface area contributed by atoms with Crippen LogP contribution in [0, 0.1) is 5.92 Å². The Bertz CT molecular complexity index is 631. The number of hydrogen-bond donors (Lipinski definition) is 1. The summed E-state index contributed by atoms with van der Waals surface area (Å²) in [7, 11) is -3.47. The maximum atomic E-state index is 12.4. The Kier molecular flexibility index (Phi) is 5.63. The maximum Gasteiger partial charge on any atom is 0.226 e. The molecule has 1 aromatic carbocycles. The predicted molar refractivity (Wildman–Crippen MR) is 89.1 cm³/mol. The number of rotatable bonds is 4. The largest absolute Gasteiger partial charge is 0.341 e. The summed E-state index contributed by atoms with van der Waals surface area (Å²) in [6.07, 6.45) is 1.79. The van der Waals surface area contributed by atoms with Gasteiger partial charge in [-0.25, -0.2) is 8.42 Å². The lowest BCUT2D eigenvalue weighted by atomic mass is 10.0. The standard InChI is InChI=1S/C15H21BrN2O3S/c1-11(15(19)18-8-2-3-13(17)9-18)10-22(20,21)14-6-4-12(16)5-7-14/h4-7,11,13H,2-3,8-10,17H2,1H3/t11-,13-/m1/s1. The summed E-state index contributed by atoms with van der Waals surface area (Å²) in [6, 6.07) is 6.46. The molecule has 0 aromatic heterocycles. The zero-order valence-corrected chi connectivity index (χ0v) is 14.9. The predicted octanol–water partition coefficient (Wildman–Crippen LogP) is 1.81. The molecule has 122 valence electrons. The Hall–Kier alpha value is -0.920. The van der Waals surface area contributed by atoms with Crippen molar-refractivity contribution in [3.63, 3.8) is 0 Å². The van der Waals surface area contributed by atoms with Crippen LogP contribution in [0.4, 0.5) is 0 Å². The van der Waals surface area contributed by atoms with Gasteiger partial charge in [-0.15, -0.1) is 0 Å². The fourth-order valence-corrected chi connectivity index (χ4v) is 4.47. The highest BCUT2D eigenvalue weighted by Gasteiger charge is 2.29. The third-order valence-corrected chi connectivity index (χ3v) is 6.29. The highest BCUT2D eigenvalue weighted by atomic mass is 79.9. The number of nitrogens with two attached hydrogens (primary N) is 1. The van der Waals surface area contributed by atoms with Crippen LogP contribution < -0.4 is 5.73 Å². The number of carbonyl (C=O) groups is 1. The summed E-state index contributed by atoms with van der Waals surface area (Å²) >= 11 is 3.28. The lowest BCUT2D eigenvalue weighted by molar-refractivity contribution is -0.135. The number of sulfone groups is 1. The van der Waals surface area contributed by atoms with E-state index in [0.717, 1.165) is 17.3 Å². The van der Waals surface area contributed by atoms with E-state index in [1.807, 2.05) is 0 Å². The number of piperidine rings is 1. The Morgan fingerprint density at radius 2 is 2.05 bits per heavy atom. The highest BCUT2D eigenvalue weighted by molar-refractivity contribution is 9.10. The van der Waals surface area contributed by atoms with Gasteiger partial charge >= 0.3 is 0 Å². The third kappa shape index (κ3) is 4.30. The Morgan fingerprint density at radius 3 is 2.64 bits per heavy atom. The van der Waals surface area contributed by atoms with Gasteiger partial charge in [0, 0.05) is 29.5 Å². The molecular formula is C15H21BrN2O3S. The molecule has 2 rings (SSSR count). The number of halogens is 1. The molecule has 0 saturated carbocycles. The van der Waals surface area contributed by atoms with Crippen LogP contribution >= 0.6 is 15.9 Å². The van der Waals surface area contributed by atoms with Crippen molar-refractivity contribution in [2.75, 3.05) is 18.8 Å². The van der Waals surface area contributed by atoms with Gasteiger partial charge in [0.25, 0.3) is 0 Å². The SMILES string of the molecule is C[C@H](CS(=O)(=O)c1ccc(Br)cc1)C(=O)N1CCC[C@@H](N)C1. The summed E-state index contributed by atoms with van der Waals surface area (Å²) in [4.78, 5) is 14.3. The van der Waals surface area contributed by atoms with Crippen LogP contribution in [0.25, 0.3) is 0 Å². The molecule has 1 amide bonds. The van der Waals surface area contributed by atoms with E-state index in [1.54, 1.807) is 36.1 Å². The van der Waals surface area contributed by atoms with Gasteiger partial charge in [-0.1, -0.05) is 22.9 Å². The van der Waals surface area contributed by atoms with Crippen molar-refractivity contribution in [1.29, 1.82) is 0 Å². The van der Waals surface area contributed by atoms with Crippen molar-refractivity contribution in [1.82, 2.24) is 4.90 Å². The lowest BCUT2D eigenvalue weighted by Crippen LogP contribution is -2.48. The minimum absolute atomic E-state index is 0.00650. The minimum atomic E-state index is -3.47. The molecule has 1 aromatic rings. The molecule has 0 unspecified atom stereocenters. The molecule has 1 aliphatic rings. The van der Waals surface area contributed by atoms with E-state index in [2.05, 4.69) is 15.9 Å². The molecule has 1 heterocycles. The van der Waals surface area contributed by atoms with Gasteiger partial charge < -0.3 is 10.6 Å². The van der Waals surface area contributed by atoms with E-state index in [1.165, 1.54) is 0 Å². The van der Waals surface area contributed by atoms with Gasteiger partial charge in [-0.05, 0) is 37.1 Å². The molecule has 0 aliphatic carbocycles. The zero-order valence-electron chi connectivity index (χ0n) is 12.5. The van der Waals surface area contributed by atoms with Gasteiger partial charge in [-0.3, -0.25) is 4.79 Å². The first-order valence-corrected chi connectivity index (χ1v) is 9.77. The molecule has 0 radical (unpaired) electrons. The number of carbonyl (C=O) groups excluding carboxylic acids is 1. The van der Waals surface area contributed by atoms with E-state index in [9.17, 15) is 13.2 Å². The smallest absolute Gasteiger partial charge is 0.226 e. The first kappa shape index (κ1) is 17.4. The van der Waals surface area contributed by atoms with Crippen LogP contribution in [0.3, 0.4) is 0 Å². The fraction of sp³-hybridized carbons (Fsp3) is 0.533. The van der Waals surface area contributed by atoms with Gasteiger partial charge in [0.15, 0.2) is 9.84 Å². The van der Waals surface area contributed by atoms with Crippen molar-refractivity contribution in [3.05, 3.63) is 28.7 Å². The summed E-state index contributed by atoms with van der Waals surface area (Å²) in [6.45, 7) is 2.84. The first-order valence-electron chi connectivity index (χ1n) is 7.32. The normalized spacial score (nSPS) is 20.7. The number of hydrogen-bond acceptors (Lipinski definition) is 4. The summed E-state index contributed by atoms with van der Waals surface area (Å²) in [5.74, 6) is -0.881. The average Bonchev–Trinajstić information content (AvgIpc) is 2.46. The number of likely N-dealkylation sites (tertiary alicyclic amines) is 1. The van der Waals surface area contributed by atoms with Crippen LogP contribution in [0.2, 0.25) is 0 Å². The van der Waals surface area contributed by atoms with Crippen LogP contribution in [0.1, 0.15) is 19.8 Å². The zero-order chi connectivity index (χ0) is 16.3. The molecule has 2 N–H and O–H groups in total. The molecule has 1 saturated heterocycles. The second kappa shape index (κ2) is 7.10. The number of nitrogens with zero attached hydrogens (tertiary/aromatic N) is 1. The van der Waals surface area contributed by atoms with Gasteiger partial charge in [0.1, 0.15) is 0 Å². The summed E-state index contributed by atoms with van der Waals surface area (Å²) in [5, 5.41) is 0. The van der Waals surface area contributed by atoms with E-state index in [4.69, 9.17) is 5.73 Å². The topological polar surface area (TPSA) is 80.5 Å². The van der Waals surface area contributed by atoms with Crippen LogP contribution in [-0.4, -0.2) is 44.1 Å². The van der Waals surface area contributed by atoms with Gasteiger partial charge in [0.05, 0.1) is 10.6 Å². The van der Waals surface area contributed by atoms with Crippen molar-refractivity contribution < 1.29 is 13.2 Å². The summed E-state index contributed by atoms with van der Waals surface area (Å²) in [5.41, 5.74) is 5.88.